The van der Waals surface area contributed by atoms with Gasteiger partial charge in [0.1, 0.15) is 5.82 Å². The second-order valence-corrected chi connectivity index (χ2v) is 6.79. The molecule has 1 saturated heterocycles. The maximum atomic E-state index is 13.0. The molecule has 5 nitrogen and oxygen atoms in total. The van der Waals surface area contributed by atoms with Crippen LogP contribution in [0.2, 0.25) is 0 Å². The number of hydrogen-bond donors (Lipinski definition) is 0. The first-order valence-electron chi connectivity index (χ1n) is 8.26. The van der Waals surface area contributed by atoms with E-state index in [1.807, 2.05) is 46.7 Å². The quantitative estimate of drug-likeness (QED) is 0.728. The van der Waals surface area contributed by atoms with Crippen LogP contribution in [0.1, 0.15) is 9.67 Å². The molecule has 0 saturated carbocycles. The van der Waals surface area contributed by atoms with Gasteiger partial charge in [0, 0.05) is 44.1 Å². The highest BCUT2D eigenvalue weighted by Crippen LogP contribution is 2.29. The molecule has 1 aliphatic rings. The number of piperazine rings is 1. The van der Waals surface area contributed by atoms with E-state index in [4.69, 9.17) is 0 Å². The first-order valence-corrected chi connectivity index (χ1v) is 9.14. The van der Waals surface area contributed by atoms with Gasteiger partial charge in [0.05, 0.1) is 11.1 Å². The number of amides is 1. The van der Waals surface area contributed by atoms with E-state index in [1.54, 1.807) is 18.6 Å². The molecule has 0 unspecified atom stereocenters. The minimum Gasteiger partial charge on any atom is -0.352 e. The maximum absolute atomic E-state index is 13.0. The lowest BCUT2D eigenvalue weighted by Crippen LogP contribution is -2.49. The van der Waals surface area contributed by atoms with Crippen molar-refractivity contribution in [3.05, 3.63) is 65.2 Å². The van der Waals surface area contributed by atoms with Crippen molar-refractivity contribution in [2.75, 3.05) is 31.1 Å². The summed E-state index contributed by atoms with van der Waals surface area (Å²) in [5.74, 6) is 0.989. The van der Waals surface area contributed by atoms with E-state index in [2.05, 4.69) is 14.9 Å². The minimum absolute atomic E-state index is 0.118. The van der Waals surface area contributed by atoms with E-state index in [0.717, 1.165) is 34.9 Å². The van der Waals surface area contributed by atoms with Gasteiger partial charge in [0.15, 0.2) is 0 Å². The number of rotatable bonds is 3. The Hall–Kier alpha value is -2.73. The van der Waals surface area contributed by atoms with Crippen molar-refractivity contribution in [2.24, 2.45) is 0 Å². The Morgan fingerprint density at radius 3 is 2.52 bits per heavy atom. The third-order valence-corrected chi connectivity index (χ3v) is 5.29. The largest absolute Gasteiger partial charge is 0.352 e. The van der Waals surface area contributed by atoms with Crippen molar-refractivity contribution in [1.29, 1.82) is 0 Å². The van der Waals surface area contributed by atoms with E-state index in [-0.39, 0.29) is 5.91 Å². The van der Waals surface area contributed by atoms with Crippen LogP contribution in [0, 0.1) is 0 Å². The Morgan fingerprint density at radius 2 is 1.80 bits per heavy atom. The van der Waals surface area contributed by atoms with Crippen molar-refractivity contribution in [3.63, 3.8) is 0 Å². The molecule has 0 N–H and O–H groups in total. The second kappa shape index (κ2) is 7.03. The zero-order valence-electron chi connectivity index (χ0n) is 13.7. The molecule has 0 bridgehead atoms. The number of carbonyl (C=O) groups excluding carboxylic acids is 1. The van der Waals surface area contributed by atoms with Gasteiger partial charge < -0.3 is 9.80 Å². The summed E-state index contributed by atoms with van der Waals surface area (Å²) in [4.78, 5) is 26.4. The zero-order valence-corrected chi connectivity index (χ0v) is 14.5. The fraction of sp³-hybridized carbons (Fsp3) is 0.211. The Labute approximate surface area is 150 Å². The average Bonchev–Trinajstić information content (AvgIpc) is 3.19. The summed E-state index contributed by atoms with van der Waals surface area (Å²) in [5.41, 5.74) is 2.11. The molecule has 0 atom stereocenters. The molecule has 4 rings (SSSR count). The predicted molar refractivity (Wildman–Crippen MR) is 99.9 cm³/mol. The third kappa shape index (κ3) is 3.25. The van der Waals surface area contributed by atoms with Crippen LogP contribution < -0.4 is 4.90 Å². The van der Waals surface area contributed by atoms with Crippen LogP contribution in [0.25, 0.3) is 11.1 Å². The first-order chi connectivity index (χ1) is 12.3. The molecule has 0 aliphatic carbocycles. The molecule has 3 heterocycles. The monoisotopic (exact) mass is 350 g/mol. The lowest BCUT2D eigenvalue weighted by atomic mass is 10.1. The third-order valence-electron chi connectivity index (χ3n) is 4.38. The van der Waals surface area contributed by atoms with Crippen molar-refractivity contribution in [2.45, 2.75) is 0 Å². The summed E-state index contributed by atoms with van der Waals surface area (Å²) in [6.07, 6.45) is 5.14. The molecular weight excluding hydrogens is 332 g/mol. The number of thiophene rings is 1. The molecule has 0 spiro atoms. The summed E-state index contributed by atoms with van der Waals surface area (Å²) in [6.45, 7) is 2.94. The highest BCUT2D eigenvalue weighted by Gasteiger charge is 2.25. The van der Waals surface area contributed by atoms with Gasteiger partial charge in [-0.05, 0) is 17.0 Å². The zero-order chi connectivity index (χ0) is 17.1. The van der Waals surface area contributed by atoms with Crippen LogP contribution in [-0.2, 0) is 0 Å². The van der Waals surface area contributed by atoms with Crippen LogP contribution >= 0.6 is 11.3 Å². The molecule has 1 aromatic carbocycles. The van der Waals surface area contributed by atoms with Gasteiger partial charge >= 0.3 is 0 Å². The molecule has 6 heteroatoms. The molecule has 0 radical (unpaired) electrons. The molecule has 1 aliphatic heterocycles. The van der Waals surface area contributed by atoms with Crippen molar-refractivity contribution in [3.8, 4) is 11.1 Å². The van der Waals surface area contributed by atoms with Crippen molar-refractivity contribution in [1.82, 2.24) is 14.9 Å². The van der Waals surface area contributed by atoms with Crippen LogP contribution in [0.15, 0.2) is 60.4 Å². The van der Waals surface area contributed by atoms with Gasteiger partial charge in [0.25, 0.3) is 5.91 Å². The first kappa shape index (κ1) is 15.8. The molecule has 1 fully saturated rings. The predicted octanol–water partition coefficient (Wildman–Crippen LogP) is 3.17. The van der Waals surface area contributed by atoms with E-state index in [9.17, 15) is 4.79 Å². The normalized spacial score (nSPS) is 14.6. The van der Waals surface area contributed by atoms with Gasteiger partial charge in [-0.3, -0.25) is 9.78 Å². The average molecular weight is 350 g/mol. The Kier molecular flexibility index (Phi) is 4.43. The van der Waals surface area contributed by atoms with E-state index in [0.29, 0.717) is 13.1 Å². The summed E-state index contributed by atoms with van der Waals surface area (Å²) >= 11 is 1.52. The highest BCUT2D eigenvalue weighted by molar-refractivity contribution is 7.12. The number of nitrogens with zero attached hydrogens (tertiary/aromatic N) is 4. The van der Waals surface area contributed by atoms with Gasteiger partial charge in [-0.2, -0.15) is 0 Å². The Morgan fingerprint density at radius 1 is 1.00 bits per heavy atom. The summed E-state index contributed by atoms with van der Waals surface area (Å²) in [6, 6.07) is 12.1. The molecule has 1 amide bonds. The maximum Gasteiger partial charge on any atom is 0.264 e. The Bertz CT molecular complexity index is 842. The van der Waals surface area contributed by atoms with E-state index < -0.39 is 0 Å². The molecule has 126 valence electrons. The number of aromatic nitrogens is 2. The summed E-state index contributed by atoms with van der Waals surface area (Å²) < 4.78 is 0. The number of benzene rings is 1. The number of carbonyl (C=O) groups is 1. The fourth-order valence-electron chi connectivity index (χ4n) is 3.06. The SMILES string of the molecule is O=C(c1sccc1-c1ccccc1)N1CCN(c2cnccn2)CC1. The van der Waals surface area contributed by atoms with E-state index in [1.165, 1.54) is 11.3 Å². The topological polar surface area (TPSA) is 49.3 Å². The van der Waals surface area contributed by atoms with Gasteiger partial charge in [0.2, 0.25) is 0 Å². The van der Waals surface area contributed by atoms with Gasteiger partial charge in [-0.1, -0.05) is 30.3 Å². The molecule has 3 aromatic rings. The number of anilines is 1. The van der Waals surface area contributed by atoms with Crippen molar-refractivity contribution >= 4 is 23.1 Å². The van der Waals surface area contributed by atoms with Crippen LogP contribution in [0.4, 0.5) is 5.82 Å². The Balaban J connectivity index is 1.48. The number of hydrogen-bond acceptors (Lipinski definition) is 5. The molecule has 2 aromatic heterocycles. The summed E-state index contributed by atoms with van der Waals surface area (Å²) in [7, 11) is 0. The van der Waals surface area contributed by atoms with Crippen molar-refractivity contribution < 1.29 is 4.79 Å². The fourth-order valence-corrected chi connectivity index (χ4v) is 3.94. The molecule has 25 heavy (non-hydrogen) atoms. The minimum atomic E-state index is 0.118. The van der Waals surface area contributed by atoms with Gasteiger partial charge in [-0.15, -0.1) is 11.3 Å². The highest BCUT2D eigenvalue weighted by atomic mass is 32.1. The van der Waals surface area contributed by atoms with Crippen LogP contribution in [0.3, 0.4) is 0 Å². The lowest BCUT2D eigenvalue weighted by molar-refractivity contribution is 0.0752. The van der Waals surface area contributed by atoms with Crippen LogP contribution in [0.5, 0.6) is 0 Å². The smallest absolute Gasteiger partial charge is 0.264 e. The molecular formula is C19H18N4OS. The summed E-state index contributed by atoms with van der Waals surface area (Å²) in [5, 5.41) is 1.99. The standard InChI is InChI=1S/C19H18N4OS/c24-19(18-16(6-13-25-18)15-4-2-1-3-5-15)23-11-9-22(10-12-23)17-14-20-7-8-21-17/h1-8,13-14H,9-12H2. The lowest BCUT2D eigenvalue weighted by Gasteiger charge is -2.35. The van der Waals surface area contributed by atoms with E-state index >= 15 is 0 Å². The van der Waals surface area contributed by atoms with Crippen LogP contribution in [-0.4, -0.2) is 47.0 Å². The second-order valence-electron chi connectivity index (χ2n) is 5.87. The van der Waals surface area contributed by atoms with Gasteiger partial charge in [-0.25, -0.2) is 4.98 Å².